The van der Waals surface area contributed by atoms with E-state index in [0.717, 1.165) is 10.4 Å². The lowest BCUT2D eigenvalue weighted by Crippen LogP contribution is -2.28. The van der Waals surface area contributed by atoms with E-state index in [1.807, 2.05) is 0 Å². The number of anilines is 3. The molecule has 0 atom stereocenters. The lowest BCUT2D eigenvalue weighted by Gasteiger charge is -2.29. The molecule has 0 aliphatic heterocycles. The van der Waals surface area contributed by atoms with Gasteiger partial charge in [0.05, 0.1) is 16.3 Å². The average Bonchev–Trinajstić information content (AvgIpc) is 2.83. The normalized spacial score (nSPS) is 12.1. The van der Waals surface area contributed by atoms with Gasteiger partial charge in [0.25, 0.3) is 10.0 Å². The maximum absolute atomic E-state index is 14.6. The summed E-state index contributed by atoms with van der Waals surface area (Å²) in [5, 5.41) is 16.8. The molecule has 0 unspecified atom stereocenters. The number of phenolic OH excluding ortho intramolecular Hbond substituents is 1. The maximum atomic E-state index is 14.6. The summed E-state index contributed by atoms with van der Waals surface area (Å²) in [4.78, 5) is 4.72. The zero-order valence-electron chi connectivity index (χ0n) is 20.8. The first-order valence-corrected chi connectivity index (χ1v) is 14.8. The Bertz CT molecular complexity index is 1760. The molecular formula is C25H24Cl2N4O5S2. The highest BCUT2D eigenvalue weighted by atomic mass is 35.5. The molecule has 0 spiro atoms. The summed E-state index contributed by atoms with van der Waals surface area (Å²) in [5.41, 5.74) is 1.12. The summed E-state index contributed by atoms with van der Waals surface area (Å²) in [5.74, 6) is -0.398. The van der Waals surface area contributed by atoms with Crippen molar-refractivity contribution in [3.8, 4) is 5.75 Å². The Morgan fingerprint density at radius 1 is 0.842 bits per heavy atom. The SMILES string of the molecule is Cc1c(Cl)cccc1N(c1cccc(Cl)c1C)S(=O)(=O)c1cc(S(N)(=O)=O)c(O)c2nc(N(C)C)ccc12. The highest BCUT2D eigenvalue weighted by molar-refractivity contribution is 7.93. The number of benzene rings is 3. The zero-order chi connectivity index (χ0) is 28.2. The van der Waals surface area contributed by atoms with Gasteiger partial charge in [-0.2, -0.15) is 0 Å². The van der Waals surface area contributed by atoms with Crippen molar-refractivity contribution in [1.82, 2.24) is 4.98 Å². The van der Waals surface area contributed by atoms with Gasteiger partial charge in [0, 0.05) is 29.5 Å². The first kappa shape index (κ1) is 27.9. The second kappa shape index (κ2) is 9.90. The maximum Gasteiger partial charge on any atom is 0.269 e. The van der Waals surface area contributed by atoms with E-state index >= 15 is 0 Å². The molecule has 1 aromatic heterocycles. The molecule has 0 bridgehead atoms. The molecule has 13 heteroatoms. The second-order valence-electron chi connectivity index (χ2n) is 8.76. The molecule has 0 saturated heterocycles. The highest BCUT2D eigenvalue weighted by Gasteiger charge is 2.34. The van der Waals surface area contributed by atoms with Gasteiger partial charge >= 0.3 is 0 Å². The number of pyridine rings is 1. The van der Waals surface area contributed by atoms with Gasteiger partial charge in [-0.05, 0) is 67.4 Å². The topological polar surface area (TPSA) is 134 Å². The van der Waals surface area contributed by atoms with Gasteiger partial charge in [0.15, 0.2) is 5.75 Å². The smallest absolute Gasteiger partial charge is 0.269 e. The minimum absolute atomic E-state index is 0.00939. The van der Waals surface area contributed by atoms with Crippen molar-refractivity contribution in [2.75, 3.05) is 23.3 Å². The number of nitrogens with zero attached hydrogens (tertiary/aromatic N) is 3. The molecule has 4 aromatic rings. The van der Waals surface area contributed by atoms with Crippen LogP contribution in [0.3, 0.4) is 0 Å². The summed E-state index contributed by atoms with van der Waals surface area (Å²) >= 11 is 12.7. The first-order valence-electron chi connectivity index (χ1n) is 11.1. The quantitative estimate of drug-likeness (QED) is 0.317. The van der Waals surface area contributed by atoms with Crippen LogP contribution >= 0.6 is 23.2 Å². The summed E-state index contributed by atoms with van der Waals surface area (Å²) in [6, 6.07) is 13.4. The fourth-order valence-electron chi connectivity index (χ4n) is 4.01. The Morgan fingerprint density at radius 2 is 1.37 bits per heavy atom. The van der Waals surface area contributed by atoms with E-state index < -0.39 is 35.6 Å². The van der Waals surface area contributed by atoms with Crippen LogP contribution in [0.15, 0.2) is 64.4 Å². The molecule has 3 N–H and O–H groups in total. The minimum Gasteiger partial charge on any atom is -0.504 e. The average molecular weight is 596 g/mol. The third-order valence-corrected chi connectivity index (χ3v) is 9.58. The van der Waals surface area contributed by atoms with Crippen LogP contribution in [0.1, 0.15) is 11.1 Å². The summed E-state index contributed by atoms with van der Waals surface area (Å²) in [7, 11) is -5.78. The van der Waals surface area contributed by atoms with Crippen LogP contribution in [-0.2, 0) is 20.0 Å². The largest absolute Gasteiger partial charge is 0.504 e. The molecule has 0 radical (unpaired) electrons. The van der Waals surface area contributed by atoms with Crippen LogP contribution in [0.2, 0.25) is 10.0 Å². The first-order chi connectivity index (χ1) is 17.7. The van der Waals surface area contributed by atoms with Gasteiger partial charge in [0.1, 0.15) is 16.2 Å². The van der Waals surface area contributed by atoms with E-state index in [4.69, 9.17) is 28.3 Å². The molecule has 38 heavy (non-hydrogen) atoms. The van der Waals surface area contributed by atoms with E-state index in [2.05, 4.69) is 4.98 Å². The zero-order valence-corrected chi connectivity index (χ0v) is 23.9. The Morgan fingerprint density at radius 3 is 1.84 bits per heavy atom. The molecule has 200 valence electrons. The Balaban J connectivity index is 2.18. The number of halogens is 2. The number of nitrogens with two attached hydrogens (primary N) is 1. The second-order valence-corrected chi connectivity index (χ2v) is 12.9. The highest BCUT2D eigenvalue weighted by Crippen LogP contribution is 2.43. The summed E-state index contributed by atoms with van der Waals surface area (Å²) in [6.45, 7) is 3.32. The van der Waals surface area contributed by atoms with Gasteiger partial charge in [-0.3, -0.25) is 0 Å². The molecule has 0 aliphatic rings. The molecule has 9 nitrogen and oxygen atoms in total. The van der Waals surface area contributed by atoms with Crippen molar-refractivity contribution >= 4 is 71.3 Å². The van der Waals surface area contributed by atoms with Crippen molar-refractivity contribution in [3.05, 3.63) is 75.8 Å². The number of primary sulfonamides is 1. The van der Waals surface area contributed by atoms with Crippen LogP contribution in [0.25, 0.3) is 10.9 Å². The van der Waals surface area contributed by atoms with Gasteiger partial charge < -0.3 is 10.0 Å². The number of rotatable bonds is 6. The lowest BCUT2D eigenvalue weighted by molar-refractivity contribution is 0.463. The van der Waals surface area contributed by atoms with Crippen molar-refractivity contribution in [2.24, 2.45) is 5.14 Å². The van der Waals surface area contributed by atoms with Crippen LogP contribution < -0.4 is 14.3 Å². The lowest BCUT2D eigenvalue weighted by atomic mass is 10.1. The van der Waals surface area contributed by atoms with E-state index in [1.165, 1.54) is 6.07 Å². The Labute approximate surface area is 231 Å². The third kappa shape index (κ3) is 4.76. The standard InChI is InChI=1S/C25H24Cl2N4O5S2/c1-14-17(26)7-5-9-19(14)31(20-10-6-8-18(27)15(20)2)38(35,36)21-13-22(37(28,33)34)25(32)24-16(21)11-12-23(29-24)30(3)4/h5-13,32H,1-4H3,(H2,28,33,34). The van der Waals surface area contributed by atoms with Gasteiger partial charge in [-0.15, -0.1) is 0 Å². The number of fused-ring (bicyclic) bond motifs is 1. The molecule has 0 aliphatic carbocycles. The fraction of sp³-hybridized carbons (Fsp3) is 0.160. The monoisotopic (exact) mass is 594 g/mol. The molecule has 4 rings (SSSR count). The van der Waals surface area contributed by atoms with Gasteiger partial charge in [-0.25, -0.2) is 31.3 Å². The molecular weight excluding hydrogens is 571 g/mol. The molecule has 3 aromatic carbocycles. The number of aromatic hydroxyl groups is 1. The molecule has 0 fully saturated rings. The van der Waals surface area contributed by atoms with Crippen LogP contribution in [-0.4, -0.2) is 41.0 Å². The molecule has 1 heterocycles. The number of aromatic nitrogens is 1. The number of sulfonamides is 2. The summed E-state index contributed by atoms with van der Waals surface area (Å²) in [6.07, 6.45) is 0. The van der Waals surface area contributed by atoms with Gasteiger partial charge in [0.2, 0.25) is 10.0 Å². The number of hydrogen-bond donors (Lipinski definition) is 2. The number of hydrogen-bond acceptors (Lipinski definition) is 7. The van der Waals surface area contributed by atoms with Crippen LogP contribution in [0.5, 0.6) is 5.75 Å². The van der Waals surface area contributed by atoms with E-state index in [-0.39, 0.29) is 22.3 Å². The summed E-state index contributed by atoms with van der Waals surface area (Å²) < 4.78 is 55.1. The molecule has 0 amide bonds. The van der Waals surface area contributed by atoms with Crippen molar-refractivity contribution in [2.45, 2.75) is 23.6 Å². The number of phenols is 1. The Kier molecular flexibility index (Phi) is 7.28. The van der Waals surface area contributed by atoms with E-state index in [1.54, 1.807) is 75.3 Å². The predicted octanol–water partition coefficient (Wildman–Crippen LogP) is 5.10. The van der Waals surface area contributed by atoms with E-state index in [9.17, 15) is 21.9 Å². The van der Waals surface area contributed by atoms with Gasteiger partial charge in [-0.1, -0.05) is 35.3 Å². The third-order valence-electron chi connectivity index (χ3n) is 6.06. The fourth-order valence-corrected chi connectivity index (χ4v) is 6.89. The van der Waals surface area contributed by atoms with Crippen molar-refractivity contribution < 1.29 is 21.9 Å². The molecule has 0 saturated carbocycles. The van der Waals surface area contributed by atoms with Crippen molar-refractivity contribution in [3.63, 3.8) is 0 Å². The Hall–Kier alpha value is -3.09. The van der Waals surface area contributed by atoms with E-state index in [0.29, 0.717) is 27.0 Å². The van der Waals surface area contributed by atoms with Crippen LogP contribution in [0.4, 0.5) is 17.2 Å². The predicted molar refractivity (Wildman–Crippen MR) is 151 cm³/mol. The van der Waals surface area contributed by atoms with Crippen molar-refractivity contribution in [1.29, 1.82) is 0 Å². The van der Waals surface area contributed by atoms with Crippen LogP contribution in [0, 0.1) is 13.8 Å². The minimum atomic E-state index is -4.61.